The molecule has 1 unspecified atom stereocenters. The number of nitrogens with zero attached hydrogens (tertiary/aromatic N) is 3. The van der Waals surface area contributed by atoms with Crippen LogP contribution < -0.4 is 0 Å². The molecule has 12 heavy (non-hydrogen) atoms. The summed E-state index contributed by atoms with van der Waals surface area (Å²) in [5.41, 5.74) is -0.0208. The molecule has 2 N–H and O–H groups in total. The van der Waals surface area contributed by atoms with Crippen LogP contribution in [0.2, 0.25) is 0 Å². The van der Waals surface area contributed by atoms with Crippen LogP contribution in [0.3, 0.4) is 0 Å². The Morgan fingerprint density at radius 3 is 3.08 bits per heavy atom. The van der Waals surface area contributed by atoms with Crippen molar-refractivity contribution in [3.05, 3.63) is 0 Å². The number of aliphatic carboxylic acids is 1. The van der Waals surface area contributed by atoms with E-state index in [1.807, 2.05) is 0 Å². The van der Waals surface area contributed by atoms with Crippen molar-refractivity contribution in [2.24, 2.45) is 4.99 Å². The predicted octanol–water partition coefficient (Wildman–Crippen LogP) is -1.00. The van der Waals surface area contributed by atoms with E-state index in [0.29, 0.717) is 0 Å². The van der Waals surface area contributed by atoms with E-state index >= 15 is 0 Å². The van der Waals surface area contributed by atoms with Crippen LogP contribution in [-0.2, 0) is 9.63 Å². The molecular formula is C5H5N3O4. The number of hydroxylamine groups is 2. The highest BCUT2D eigenvalue weighted by Crippen LogP contribution is 2.09. The molecule has 0 spiro atoms. The van der Waals surface area contributed by atoms with Crippen molar-refractivity contribution in [2.75, 3.05) is 6.61 Å². The van der Waals surface area contributed by atoms with Gasteiger partial charge in [-0.3, -0.25) is 10.0 Å². The average Bonchev–Trinajstić information content (AvgIpc) is 2.32. The normalized spacial score (nSPS) is 27.3. The van der Waals surface area contributed by atoms with Crippen LogP contribution in [-0.4, -0.2) is 39.9 Å². The van der Waals surface area contributed by atoms with Gasteiger partial charge in [-0.1, -0.05) is 0 Å². The molecule has 7 nitrogen and oxygen atoms in total. The predicted molar refractivity (Wildman–Crippen MR) is 34.0 cm³/mol. The number of hydrogen-bond donors (Lipinski definition) is 2. The second-order valence-electron chi connectivity index (χ2n) is 2.02. The minimum atomic E-state index is -1.37. The standard InChI is InChI=1S/C5H5N3O4/c6-2-7-3-1-12-8(11)4(3)5(9)10/h4,11H,1H2,(H,9,10). The molecule has 1 fully saturated rings. The van der Waals surface area contributed by atoms with E-state index in [4.69, 9.17) is 15.6 Å². The van der Waals surface area contributed by atoms with E-state index in [1.165, 1.54) is 6.19 Å². The van der Waals surface area contributed by atoms with Gasteiger partial charge in [0.05, 0.1) is 5.71 Å². The summed E-state index contributed by atoms with van der Waals surface area (Å²) in [6, 6.07) is -1.37. The molecule has 1 rings (SSSR count). The third kappa shape index (κ3) is 1.40. The zero-order chi connectivity index (χ0) is 9.14. The molecule has 0 saturated carbocycles. The quantitative estimate of drug-likeness (QED) is 0.490. The van der Waals surface area contributed by atoms with Gasteiger partial charge in [-0.15, -0.1) is 0 Å². The number of hydrogen-bond acceptors (Lipinski definition) is 6. The topological polar surface area (TPSA) is 106 Å². The number of carboxylic acids is 1. The molecule has 1 aliphatic rings. The van der Waals surface area contributed by atoms with Gasteiger partial charge < -0.3 is 5.11 Å². The Morgan fingerprint density at radius 2 is 2.58 bits per heavy atom. The van der Waals surface area contributed by atoms with Crippen molar-refractivity contribution in [2.45, 2.75) is 6.04 Å². The smallest absolute Gasteiger partial charge is 0.332 e. The SMILES string of the molecule is N#CN=C1CON(O)C1C(=O)O. The van der Waals surface area contributed by atoms with Crippen LogP contribution in [0.15, 0.2) is 4.99 Å². The lowest BCUT2D eigenvalue weighted by Gasteiger charge is -2.08. The molecule has 0 aromatic heterocycles. The molecule has 0 bridgehead atoms. The van der Waals surface area contributed by atoms with Crippen LogP contribution >= 0.6 is 0 Å². The maximum atomic E-state index is 10.4. The lowest BCUT2D eigenvalue weighted by atomic mass is 10.2. The van der Waals surface area contributed by atoms with Crippen LogP contribution in [0, 0.1) is 11.5 Å². The fourth-order valence-corrected chi connectivity index (χ4v) is 0.808. The fraction of sp³-hybridized carbons (Fsp3) is 0.400. The zero-order valence-electron chi connectivity index (χ0n) is 5.84. The summed E-state index contributed by atoms with van der Waals surface area (Å²) in [5.74, 6) is -1.32. The monoisotopic (exact) mass is 171 g/mol. The lowest BCUT2D eigenvalue weighted by Crippen LogP contribution is -2.37. The number of aliphatic imine (C=N–C) groups is 1. The van der Waals surface area contributed by atoms with Gasteiger partial charge in [0.1, 0.15) is 6.61 Å². The van der Waals surface area contributed by atoms with Crippen LogP contribution in [0.25, 0.3) is 0 Å². The molecule has 0 aromatic carbocycles. The number of rotatable bonds is 1. The highest BCUT2D eigenvalue weighted by molar-refractivity contribution is 6.07. The molecule has 1 aliphatic heterocycles. The van der Waals surface area contributed by atoms with Gasteiger partial charge in [0.25, 0.3) is 0 Å². The van der Waals surface area contributed by atoms with Gasteiger partial charge in [-0.05, 0) is 5.23 Å². The summed E-state index contributed by atoms with van der Waals surface area (Å²) in [6.07, 6.45) is 1.42. The molecule has 0 amide bonds. The Bertz CT molecular complexity index is 268. The maximum Gasteiger partial charge on any atom is 0.332 e. The van der Waals surface area contributed by atoms with Crippen LogP contribution in [0.4, 0.5) is 0 Å². The molecule has 7 heteroatoms. The van der Waals surface area contributed by atoms with E-state index in [0.717, 1.165) is 0 Å². The molecule has 1 heterocycles. The summed E-state index contributed by atoms with van der Waals surface area (Å²) in [4.78, 5) is 18.0. The van der Waals surface area contributed by atoms with E-state index in [9.17, 15) is 4.79 Å². The lowest BCUT2D eigenvalue weighted by molar-refractivity contribution is -0.323. The number of nitriles is 1. The summed E-state index contributed by atoms with van der Waals surface area (Å²) < 4.78 is 0. The maximum absolute atomic E-state index is 10.4. The van der Waals surface area contributed by atoms with Crippen molar-refractivity contribution in [3.63, 3.8) is 0 Å². The van der Waals surface area contributed by atoms with Crippen LogP contribution in [0.5, 0.6) is 0 Å². The van der Waals surface area contributed by atoms with Crippen LogP contribution in [0.1, 0.15) is 0 Å². The van der Waals surface area contributed by atoms with Gasteiger partial charge >= 0.3 is 5.97 Å². The van der Waals surface area contributed by atoms with Gasteiger partial charge in [-0.25, -0.2) is 4.79 Å². The Morgan fingerprint density at radius 1 is 1.92 bits per heavy atom. The number of carboxylic acid groups (broad SMARTS) is 1. The number of carbonyl (C=O) groups is 1. The average molecular weight is 171 g/mol. The Balaban J connectivity index is 2.86. The molecular weight excluding hydrogens is 166 g/mol. The minimum Gasteiger partial charge on any atom is -0.480 e. The summed E-state index contributed by atoms with van der Waals surface area (Å²) in [6.45, 7) is -0.180. The largest absolute Gasteiger partial charge is 0.480 e. The first-order chi connectivity index (χ1) is 5.66. The van der Waals surface area contributed by atoms with Crippen molar-refractivity contribution in [3.8, 4) is 6.19 Å². The molecule has 1 atom stereocenters. The summed E-state index contributed by atoms with van der Waals surface area (Å²) >= 11 is 0. The summed E-state index contributed by atoms with van der Waals surface area (Å²) in [7, 11) is 0. The molecule has 0 aromatic rings. The molecule has 1 saturated heterocycles. The highest BCUT2D eigenvalue weighted by atomic mass is 16.9. The third-order valence-electron chi connectivity index (χ3n) is 1.31. The first-order valence-corrected chi connectivity index (χ1v) is 2.96. The van der Waals surface area contributed by atoms with Crippen molar-refractivity contribution < 1.29 is 19.9 Å². The first kappa shape index (κ1) is 8.61. The van der Waals surface area contributed by atoms with Gasteiger partial charge in [-0.2, -0.15) is 10.3 Å². The molecule has 0 radical (unpaired) electrons. The molecule has 64 valence electrons. The van der Waals surface area contributed by atoms with Crippen molar-refractivity contribution >= 4 is 11.7 Å². The second-order valence-corrected chi connectivity index (χ2v) is 2.02. The van der Waals surface area contributed by atoms with E-state index in [1.54, 1.807) is 0 Å². The van der Waals surface area contributed by atoms with E-state index < -0.39 is 12.0 Å². The van der Waals surface area contributed by atoms with E-state index in [-0.39, 0.29) is 17.5 Å². The van der Waals surface area contributed by atoms with Crippen molar-refractivity contribution in [1.29, 1.82) is 5.26 Å². The Labute approximate surface area is 67.0 Å². The molecule has 0 aliphatic carbocycles. The zero-order valence-corrected chi connectivity index (χ0v) is 5.84. The van der Waals surface area contributed by atoms with Gasteiger partial charge in [0, 0.05) is 0 Å². The fourth-order valence-electron chi connectivity index (χ4n) is 0.808. The Kier molecular flexibility index (Phi) is 2.35. The minimum absolute atomic E-state index is 0.0208. The van der Waals surface area contributed by atoms with Gasteiger partial charge in [0.2, 0.25) is 12.2 Å². The third-order valence-corrected chi connectivity index (χ3v) is 1.31. The van der Waals surface area contributed by atoms with Gasteiger partial charge in [0.15, 0.2) is 0 Å². The Hall–Kier alpha value is -1.49. The van der Waals surface area contributed by atoms with E-state index in [2.05, 4.69) is 9.83 Å². The highest BCUT2D eigenvalue weighted by Gasteiger charge is 2.37. The van der Waals surface area contributed by atoms with Crippen molar-refractivity contribution in [1.82, 2.24) is 5.23 Å². The second kappa shape index (κ2) is 3.27. The first-order valence-electron chi connectivity index (χ1n) is 2.96. The summed E-state index contributed by atoms with van der Waals surface area (Å²) in [5, 5.41) is 25.6.